The first-order chi connectivity index (χ1) is 22.1. The minimum Gasteiger partial charge on any atom is -0.465 e. The Bertz CT molecular complexity index is 1660. The SMILES string of the molecule is CCOC(=O)[C@@H]1CC2(CCN(c3cc(O[C@H](c4ccc(-c5ccccc5)cc4-c4ccccc4)C(F)(F)F)nc(N)n3)CC2)CN1. The van der Waals surface area contributed by atoms with E-state index in [2.05, 4.69) is 15.3 Å². The first-order valence-corrected chi connectivity index (χ1v) is 15.4. The summed E-state index contributed by atoms with van der Waals surface area (Å²) < 4.78 is 55.4. The molecule has 6 rings (SSSR count). The molecule has 2 atom stereocenters. The maximum Gasteiger partial charge on any atom is 0.429 e. The normalized spacial score (nSPS) is 18.3. The molecule has 3 heterocycles. The fourth-order valence-electron chi connectivity index (χ4n) is 6.46. The van der Waals surface area contributed by atoms with Crippen molar-refractivity contribution < 1.29 is 27.4 Å². The molecule has 3 aromatic carbocycles. The molecular formula is C35H36F3N5O3. The summed E-state index contributed by atoms with van der Waals surface area (Å²) in [6.07, 6.45) is -4.85. The van der Waals surface area contributed by atoms with Gasteiger partial charge in [-0.3, -0.25) is 4.79 Å². The molecule has 1 spiro atoms. The lowest BCUT2D eigenvalue weighted by Crippen LogP contribution is -2.41. The van der Waals surface area contributed by atoms with E-state index >= 15 is 0 Å². The van der Waals surface area contributed by atoms with Crippen molar-refractivity contribution in [2.24, 2.45) is 5.41 Å². The van der Waals surface area contributed by atoms with Crippen LogP contribution in [-0.4, -0.2) is 54.4 Å². The molecule has 8 nitrogen and oxygen atoms in total. The second-order valence-corrected chi connectivity index (χ2v) is 11.9. The summed E-state index contributed by atoms with van der Waals surface area (Å²) in [6, 6.07) is 24.4. The summed E-state index contributed by atoms with van der Waals surface area (Å²) in [6.45, 7) is 4.00. The van der Waals surface area contributed by atoms with Crippen LogP contribution in [0.25, 0.3) is 22.3 Å². The molecule has 1 aromatic heterocycles. The van der Waals surface area contributed by atoms with E-state index in [9.17, 15) is 18.0 Å². The van der Waals surface area contributed by atoms with E-state index in [-0.39, 0.29) is 34.8 Å². The first kappa shape index (κ1) is 31.3. The van der Waals surface area contributed by atoms with E-state index in [1.807, 2.05) is 41.3 Å². The lowest BCUT2D eigenvalue weighted by molar-refractivity contribution is -0.198. The minimum absolute atomic E-state index is 0.0399. The summed E-state index contributed by atoms with van der Waals surface area (Å²) >= 11 is 0. The molecule has 2 fully saturated rings. The van der Waals surface area contributed by atoms with Gasteiger partial charge in [0.1, 0.15) is 11.9 Å². The number of nitrogens with one attached hydrogen (secondary N) is 1. The Morgan fingerprint density at radius 3 is 2.30 bits per heavy atom. The van der Waals surface area contributed by atoms with Gasteiger partial charge in [-0.2, -0.15) is 23.1 Å². The number of ether oxygens (including phenoxy) is 2. The van der Waals surface area contributed by atoms with E-state index in [0.29, 0.717) is 49.6 Å². The highest BCUT2D eigenvalue weighted by atomic mass is 19.4. The number of piperidine rings is 1. The number of benzene rings is 3. The summed E-state index contributed by atoms with van der Waals surface area (Å²) in [5, 5.41) is 3.29. The van der Waals surface area contributed by atoms with Crippen molar-refractivity contribution in [3.63, 3.8) is 0 Å². The predicted octanol–water partition coefficient (Wildman–Crippen LogP) is 6.59. The monoisotopic (exact) mass is 631 g/mol. The Labute approximate surface area is 265 Å². The third kappa shape index (κ3) is 6.79. The fraction of sp³-hybridized carbons (Fsp3) is 0.343. The van der Waals surface area contributed by atoms with Crippen molar-refractivity contribution in [2.45, 2.75) is 44.5 Å². The molecule has 0 saturated carbocycles. The van der Waals surface area contributed by atoms with Crippen LogP contribution >= 0.6 is 0 Å². The van der Waals surface area contributed by atoms with Crippen LogP contribution in [0.15, 0.2) is 84.9 Å². The number of hydrogen-bond donors (Lipinski definition) is 2. The quantitative estimate of drug-likeness (QED) is 0.210. The second-order valence-electron chi connectivity index (χ2n) is 11.9. The standard InChI is InChI=1S/C35H36F3N5O3/c1-2-45-32(44)28-21-34(22-40-28)15-17-43(18-16-34)29-20-30(42-33(39)41-29)46-31(35(36,37)38)26-14-13-25(23-9-5-3-6-10-23)19-27(26)24-11-7-4-8-12-24/h3-14,19-20,28,31,40H,2,15-18,21-22H2,1H3,(H2,39,41,42)/t28-,31+/m0/s1. The summed E-state index contributed by atoms with van der Waals surface area (Å²) in [5.41, 5.74) is 8.62. The maximum absolute atomic E-state index is 14.8. The third-order valence-corrected chi connectivity index (χ3v) is 8.85. The number of aromatic nitrogens is 2. The molecule has 0 radical (unpaired) electrons. The largest absolute Gasteiger partial charge is 0.465 e. The Morgan fingerprint density at radius 1 is 0.978 bits per heavy atom. The Balaban J connectivity index is 1.26. The highest BCUT2D eigenvalue weighted by Gasteiger charge is 2.46. The van der Waals surface area contributed by atoms with Crippen LogP contribution in [0, 0.1) is 5.41 Å². The van der Waals surface area contributed by atoms with Gasteiger partial charge in [0.15, 0.2) is 0 Å². The number of nitrogen functional groups attached to an aromatic ring is 1. The van der Waals surface area contributed by atoms with Gasteiger partial charge in [0.05, 0.1) is 6.61 Å². The molecule has 240 valence electrons. The topological polar surface area (TPSA) is 103 Å². The van der Waals surface area contributed by atoms with Crippen molar-refractivity contribution >= 4 is 17.7 Å². The molecule has 0 amide bonds. The molecule has 2 saturated heterocycles. The maximum atomic E-state index is 14.8. The highest BCUT2D eigenvalue weighted by Crippen LogP contribution is 2.44. The zero-order valence-corrected chi connectivity index (χ0v) is 25.5. The van der Waals surface area contributed by atoms with Crippen molar-refractivity contribution in [3.8, 4) is 28.1 Å². The molecule has 3 N–H and O–H groups in total. The van der Waals surface area contributed by atoms with Gasteiger partial charge in [-0.05, 0) is 59.9 Å². The van der Waals surface area contributed by atoms with Gasteiger partial charge in [-0.15, -0.1) is 0 Å². The highest BCUT2D eigenvalue weighted by molar-refractivity contribution is 5.77. The van der Waals surface area contributed by atoms with Gasteiger partial charge >= 0.3 is 12.1 Å². The minimum atomic E-state index is -4.76. The summed E-state index contributed by atoms with van der Waals surface area (Å²) in [5.74, 6) is -0.284. The van der Waals surface area contributed by atoms with Crippen LogP contribution in [0.2, 0.25) is 0 Å². The number of nitrogens with zero attached hydrogens (tertiary/aromatic N) is 3. The van der Waals surface area contributed by atoms with Crippen molar-refractivity contribution in [1.29, 1.82) is 0 Å². The third-order valence-electron chi connectivity index (χ3n) is 8.85. The lowest BCUT2D eigenvalue weighted by atomic mass is 9.76. The second kappa shape index (κ2) is 13.0. The number of esters is 1. The number of rotatable bonds is 8. The van der Waals surface area contributed by atoms with E-state index in [1.54, 1.807) is 43.3 Å². The average molecular weight is 632 g/mol. The first-order valence-electron chi connectivity index (χ1n) is 15.4. The number of hydrogen-bond acceptors (Lipinski definition) is 8. The van der Waals surface area contributed by atoms with Crippen molar-refractivity contribution in [1.82, 2.24) is 15.3 Å². The predicted molar refractivity (Wildman–Crippen MR) is 170 cm³/mol. The Hall–Kier alpha value is -4.64. The molecule has 2 aliphatic rings. The van der Waals surface area contributed by atoms with E-state index in [1.165, 1.54) is 12.1 Å². The van der Waals surface area contributed by atoms with E-state index < -0.39 is 12.3 Å². The molecule has 0 aliphatic carbocycles. The van der Waals surface area contributed by atoms with Crippen LogP contribution in [0.4, 0.5) is 24.9 Å². The van der Waals surface area contributed by atoms with Gasteiger partial charge in [-0.25, -0.2) is 0 Å². The molecule has 0 bridgehead atoms. The Kier molecular flexibility index (Phi) is 8.86. The van der Waals surface area contributed by atoms with Crippen molar-refractivity contribution in [3.05, 3.63) is 90.5 Å². The van der Waals surface area contributed by atoms with Crippen LogP contribution < -0.4 is 20.7 Å². The zero-order valence-electron chi connectivity index (χ0n) is 25.5. The van der Waals surface area contributed by atoms with Gasteiger partial charge in [-0.1, -0.05) is 72.8 Å². The molecule has 2 aliphatic heterocycles. The molecule has 4 aromatic rings. The number of carbonyl (C=O) groups excluding carboxylic acids is 1. The number of alkyl halides is 3. The number of anilines is 2. The number of halogens is 3. The fourth-order valence-corrected chi connectivity index (χ4v) is 6.46. The van der Waals surface area contributed by atoms with E-state index in [0.717, 1.165) is 24.0 Å². The molecule has 0 unspecified atom stereocenters. The number of carbonyl (C=O) groups is 1. The smallest absolute Gasteiger partial charge is 0.429 e. The lowest BCUT2D eigenvalue weighted by Gasteiger charge is -2.39. The molecule has 11 heteroatoms. The molecular weight excluding hydrogens is 595 g/mol. The molecule has 46 heavy (non-hydrogen) atoms. The van der Waals surface area contributed by atoms with E-state index in [4.69, 9.17) is 15.2 Å². The van der Waals surface area contributed by atoms with Crippen LogP contribution in [-0.2, 0) is 9.53 Å². The zero-order chi connectivity index (χ0) is 32.3. The average Bonchev–Trinajstić information content (AvgIpc) is 3.47. The van der Waals surface area contributed by atoms with Gasteiger partial charge in [0, 0.05) is 31.3 Å². The summed E-state index contributed by atoms with van der Waals surface area (Å²) in [7, 11) is 0. The van der Waals surface area contributed by atoms with Gasteiger partial charge in [0.2, 0.25) is 17.9 Å². The van der Waals surface area contributed by atoms with Crippen LogP contribution in [0.5, 0.6) is 5.88 Å². The van der Waals surface area contributed by atoms with Gasteiger partial charge < -0.3 is 25.4 Å². The van der Waals surface area contributed by atoms with Gasteiger partial charge in [0.25, 0.3) is 0 Å². The van der Waals surface area contributed by atoms with Crippen LogP contribution in [0.3, 0.4) is 0 Å². The van der Waals surface area contributed by atoms with Crippen LogP contribution in [0.1, 0.15) is 37.9 Å². The summed E-state index contributed by atoms with van der Waals surface area (Å²) in [4.78, 5) is 22.6. The van der Waals surface area contributed by atoms with Crippen molar-refractivity contribution in [2.75, 3.05) is 36.9 Å². The Morgan fingerprint density at radius 2 is 1.65 bits per heavy atom. The number of nitrogens with two attached hydrogens (primary N) is 1.